The SMILES string of the molecule is O=C(Nc1cc2oc(=O)sc2cc1O)[C@@H]1CCCO1. The first-order valence-electron chi connectivity index (χ1n) is 5.82. The molecule has 1 aromatic heterocycles. The Morgan fingerprint density at radius 1 is 1.47 bits per heavy atom. The molecule has 19 heavy (non-hydrogen) atoms. The number of nitrogens with one attached hydrogen (secondary N) is 1. The van der Waals surface area contributed by atoms with Crippen molar-refractivity contribution >= 4 is 33.2 Å². The summed E-state index contributed by atoms with van der Waals surface area (Å²) in [5, 5.41) is 12.4. The van der Waals surface area contributed by atoms with E-state index < -0.39 is 11.0 Å². The number of hydrogen-bond acceptors (Lipinski definition) is 6. The van der Waals surface area contributed by atoms with Crippen molar-refractivity contribution in [3.05, 3.63) is 21.9 Å². The zero-order chi connectivity index (χ0) is 13.4. The van der Waals surface area contributed by atoms with Gasteiger partial charge in [-0.1, -0.05) is 11.3 Å². The van der Waals surface area contributed by atoms with E-state index in [9.17, 15) is 14.7 Å². The zero-order valence-corrected chi connectivity index (χ0v) is 10.7. The number of phenolic OH excluding ortho intramolecular Hbond substituents is 1. The Hall–Kier alpha value is -1.86. The molecule has 0 radical (unpaired) electrons. The minimum atomic E-state index is -0.482. The fourth-order valence-corrected chi connectivity index (χ4v) is 2.69. The van der Waals surface area contributed by atoms with Gasteiger partial charge in [0, 0.05) is 18.7 Å². The molecule has 0 aliphatic carbocycles. The second-order valence-electron chi connectivity index (χ2n) is 4.26. The maximum absolute atomic E-state index is 11.9. The molecule has 1 fully saturated rings. The number of fused-ring (bicyclic) bond motifs is 1. The van der Waals surface area contributed by atoms with Crippen LogP contribution in [0.15, 0.2) is 21.3 Å². The van der Waals surface area contributed by atoms with Crippen molar-refractivity contribution in [2.45, 2.75) is 18.9 Å². The molecule has 0 saturated carbocycles. The summed E-state index contributed by atoms with van der Waals surface area (Å²) < 4.78 is 10.7. The van der Waals surface area contributed by atoms with Gasteiger partial charge in [0.05, 0.1) is 10.4 Å². The van der Waals surface area contributed by atoms with Gasteiger partial charge in [-0.05, 0) is 12.8 Å². The Balaban J connectivity index is 1.89. The Morgan fingerprint density at radius 2 is 2.32 bits per heavy atom. The molecule has 1 aliphatic rings. The smallest absolute Gasteiger partial charge is 0.396 e. The number of carbonyl (C=O) groups is 1. The van der Waals surface area contributed by atoms with Gasteiger partial charge >= 0.3 is 4.94 Å². The number of benzene rings is 1. The summed E-state index contributed by atoms with van der Waals surface area (Å²) in [4.78, 5) is 22.5. The number of ether oxygens (including phenoxy) is 1. The van der Waals surface area contributed by atoms with E-state index in [4.69, 9.17) is 9.15 Å². The van der Waals surface area contributed by atoms with E-state index in [0.29, 0.717) is 23.3 Å². The molecule has 1 amide bonds. The lowest BCUT2D eigenvalue weighted by Crippen LogP contribution is -2.26. The van der Waals surface area contributed by atoms with Crippen LogP contribution >= 0.6 is 11.3 Å². The first-order valence-corrected chi connectivity index (χ1v) is 6.64. The third kappa shape index (κ3) is 2.34. The number of hydrogen-bond donors (Lipinski definition) is 2. The molecular formula is C12H11NO5S. The highest BCUT2D eigenvalue weighted by Gasteiger charge is 2.24. The Bertz CT molecular complexity index is 683. The summed E-state index contributed by atoms with van der Waals surface area (Å²) in [7, 11) is 0. The summed E-state index contributed by atoms with van der Waals surface area (Å²) in [6.45, 7) is 0.572. The quantitative estimate of drug-likeness (QED) is 0.817. The molecule has 1 aliphatic heterocycles. The summed E-state index contributed by atoms with van der Waals surface area (Å²) >= 11 is 0.900. The number of rotatable bonds is 2. The fourth-order valence-electron chi connectivity index (χ4n) is 2.01. The second kappa shape index (κ2) is 4.67. The second-order valence-corrected chi connectivity index (χ2v) is 5.24. The third-order valence-electron chi connectivity index (χ3n) is 2.93. The lowest BCUT2D eigenvalue weighted by Gasteiger charge is -2.11. The maximum Gasteiger partial charge on any atom is 0.396 e. The average Bonchev–Trinajstić information content (AvgIpc) is 2.97. The van der Waals surface area contributed by atoms with E-state index in [-0.39, 0.29) is 17.3 Å². The van der Waals surface area contributed by atoms with E-state index in [1.807, 2.05) is 0 Å². The van der Waals surface area contributed by atoms with Crippen LogP contribution < -0.4 is 10.3 Å². The van der Waals surface area contributed by atoms with Gasteiger partial charge in [0.25, 0.3) is 5.91 Å². The third-order valence-corrected chi connectivity index (χ3v) is 3.72. The summed E-state index contributed by atoms with van der Waals surface area (Å²) in [6, 6.07) is 2.84. The predicted molar refractivity (Wildman–Crippen MR) is 69.6 cm³/mol. The molecule has 3 rings (SSSR count). The monoisotopic (exact) mass is 281 g/mol. The molecule has 2 N–H and O–H groups in total. The lowest BCUT2D eigenvalue weighted by atomic mass is 10.2. The van der Waals surface area contributed by atoms with Crippen molar-refractivity contribution in [2.75, 3.05) is 11.9 Å². The van der Waals surface area contributed by atoms with E-state index >= 15 is 0 Å². The van der Waals surface area contributed by atoms with Gasteiger partial charge in [-0.15, -0.1) is 0 Å². The summed E-state index contributed by atoms with van der Waals surface area (Å²) in [5.41, 5.74) is 0.560. The van der Waals surface area contributed by atoms with Crippen molar-refractivity contribution in [3.8, 4) is 5.75 Å². The molecule has 1 saturated heterocycles. The van der Waals surface area contributed by atoms with Crippen LogP contribution in [0.5, 0.6) is 5.75 Å². The van der Waals surface area contributed by atoms with Gasteiger partial charge in [0.1, 0.15) is 11.9 Å². The molecule has 100 valence electrons. The molecule has 2 aromatic rings. The normalized spacial score (nSPS) is 18.8. The van der Waals surface area contributed by atoms with E-state index in [1.54, 1.807) is 0 Å². The van der Waals surface area contributed by atoms with Crippen molar-refractivity contribution in [3.63, 3.8) is 0 Å². The number of phenols is 1. The Labute approximate surface area is 111 Å². The standard InChI is InChI=1S/C12H11NO5S/c14-7-5-10-9(18-12(16)19-10)4-6(7)13-11(15)8-2-1-3-17-8/h4-5,8,14H,1-3H2,(H,13,15)/t8-/m0/s1. The lowest BCUT2D eigenvalue weighted by molar-refractivity contribution is -0.124. The van der Waals surface area contributed by atoms with E-state index in [2.05, 4.69) is 5.32 Å². The Kier molecular flexibility index (Phi) is 3.00. The predicted octanol–water partition coefficient (Wildman–Crippen LogP) is 1.68. The molecule has 2 heterocycles. The van der Waals surface area contributed by atoms with Crippen molar-refractivity contribution in [1.82, 2.24) is 0 Å². The first-order chi connectivity index (χ1) is 9.13. The van der Waals surface area contributed by atoms with Crippen LogP contribution in [0.1, 0.15) is 12.8 Å². The largest absolute Gasteiger partial charge is 0.506 e. The first kappa shape index (κ1) is 12.2. The molecule has 0 unspecified atom stereocenters. The van der Waals surface area contributed by atoms with Gasteiger partial charge < -0.3 is 19.6 Å². The van der Waals surface area contributed by atoms with Gasteiger partial charge in [0.2, 0.25) is 0 Å². The zero-order valence-electron chi connectivity index (χ0n) is 9.84. The van der Waals surface area contributed by atoms with Gasteiger partial charge in [-0.2, -0.15) is 0 Å². The van der Waals surface area contributed by atoms with Crippen LogP contribution in [0, 0.1) is 0 Å². The van der Waals surface area contributed by atoms with Crippen LogP contribution in [0.25, 0.3) is 10.3 Å². The van der Waals surface area contributed by atoms with Crippen molar-refractivity contribution in [2.24, 2.45) is 0 Å². The van der Waals surface area contributed by atoms with Crippen molar-refractivity contribution in [1.29, 1.82) is 0 Å². The molecule has 1 atom stereocenters. The van der Waals surface area contributed by atoms with Gasteiger partial charge in [-0.25, -0.2) is 4.79 Å². The minimum Gasteiger partial charge on any atom is -0.506 e. The highest BCUT2D eigenvalue weighted by Crippen LogP contribution is 2.31. The van der Waals surface area contributed by atoms with Crippen LogP contribution in [-0.4, -0.2) is 23.7 Å². The van der Waals surface area contributed by atoms with E-state index in [0.717, 1.165) is 17.8 Å². The summed E-state index contributed by atoms with van der Waals surface area (Å²) in [6.07, 6.45) is 1.04. The maximum atomic E-state index is 11.9. The molecule has 1 aromatic carbocycles. The van der Waals surface area contributed by atoms with Crippen LogP contribution in [0.3, 0.4) is 0 Å². The molecular weight excluding hydrogens is 270 g/mol. The number of anilines is 1. The molecule has 0 bridgehead atoms. The van der Waals surface area contributed by atoms with Crippen LogP contribution in [0.2, 0.25) is 0 Å². The number of amides is 1. The van der Waals surface area contributed by atoms with E-state index in [1.165, 1.54) is 12.1 Å². The number of carbonyl (C=O) groups excluding carboxylic acids is 1. The average molecular weight is 281 g/mol. The molecule has 6 nitrogen and oxygen atoms in total. The van der Waals surface area contributed by atoms with Crippen LogP contribution in [-0.2, 0) is 9.53 Å². The van der Waals surface area contributed by atoms with Crippen LogP contribution in [0.4, 0.5) is 5.69 Å². The Morgan fingerprint density at radius 3 is 3.05 bits per heavy atom. The summed E-state index contributed by atoms with van der Waals surface area (Å²) in [5.74, 6) is -0.402. The molecule has 7 heteroatoms. The minimum absolute atomic E-state index is 0.101. The van der Waals surface area contributed by atoms with Gasteiger partial charge in [0.15, 0.2) is 5.58 Å². The number of aromatic hydroxyl groups is 1. The van der Waals surface area contributed by atoms with Gasteiger partial charge in [-0.3, -0.25) is 4.79 Å². The van der Waals surface area contributed by atoms with Crippen molar-refractivity contribution < 1.29 is 19.1 Å². The fraction of sp³-hybridized carbons (Fsp3) is 0.333. The highest BCUT2D eigenvalue weighted by molar-refractivity contribution is 7.16. The topological polar surface area (TPSA) is 88.8 Å². The molecule has 0 spiro atoms. The highest BCUT2D eigenvalue weighted by atomic mass is 32.1.